The summed E-state index contributed by atoms with van der Waals surface area (Å²) in [6.07, 6.45) is 0.605. The van der Waals surface area contributed by atoms with E-state index in [1.54, 1.807) is 0 Å². The van der Waals surface area contributed by atoms with E-state index in [-0.39, 0.29) is 6.10 Å². The molecule has 28 heavy (non-hydrogen) atoms. The Morgan fingerprint density at radius 3 is 2.50 bits per heavy atom. The Bertz CT molecular complexity index is 1020. The number of β-amino-alcohol motifs (C(OH)–C–C–N with tert-alkyl or cyclic N) is 1. The van der Waals surface area contributed by atoms with Crippen molar-refractivity contribution >= 4 is 34.0 Å². The molecule has 4 rings (SSSR count). The second-order valence-electron chi connectivity index (χ2n) is 7.59. The molecule has 0 amide bonds. The van der Waals surface area contributed by atoms with Crippen LogP contribution in [0.1, 0.15) is 6.42 Å². The third-order valence-electron chi connectivity index (χ3n) is 5.43. The van der Waals surface area contributed by atoms with Gasteiger partial charge in [0.25, 0.3) is 0 Å². The summed E-state index contributed by atoms with van der Waals surface area (Å²) in [6, 6.07) is 14.4. The van der Waals surface area contributed by atoms with E-state index in [9.17, 15) is 5.11 Å². The maximum Gasteiger partial charge on any atom is 0.422 e. The highest BCUT2D eigenvalue weighted by atomic mass is 16.3. The van der Waals surface area contributed by atoms with Gasteiger partial charge in [0.2, 0.25) is 0 Å². The molecule has 0 aliphatic carbocycles. The van der Waals surface area contributed by atoms with Gasteiger partial charge in [0.15, 0.2) is 0 Å². The highest BCUT2D eigenvalue weighted by Crippen LogP contribution is 2.26. The van der Waals surface area contributed by atoms with Crippen molar-refractivity contribution in [2.75, 3.05) is 37.0 Å². The van der Waals surface area contributed by atoms with Crippen LogP contribution in [-0.2, 0) is 14.1 Å². The number of benzene rings is 2. The van der Waals surface area contributed by atoms with Gasteiger partial charge < -0.3 is 14.9 Å². The van der Waals surface area contributed by atoms with Gasteiger partial charge in [0, 0.05) is 49.7 Å². The standard InChI is InChI=1S/C21H27N6O/c1-24(2)17-9-10-19-20(13-17)26(4)21(25(19)3)23-22-15-5-7-16(8-6-15)27-12-11-18(28)14-27/h5-10,13,18,28H,11-12,14H2,1-4H3/q+1. The third kappa shape index (κ3) is 3.33. The fourth-order valence-electron chi connectivity index (χ4n) is 3.73. The molecule has 1 N–H and O–H groups in total. The minimum absolute atomic E-state index is 0.223. The largest absolute Gasteiger partial charge is 0.422 e. The van der Waals surface area contributed by atoms with Crippen molar-refractivity contribution in [1.29, 1.82) is 0 Å². The molecular formula is C21H27N6O+. The van der Waals surface area contributed by atoms with Crippen molar-refractivity contribution in [3.63, 3.8) is 0 Å². The topological polar surface area (TPSA) is 60.2 Å². The first-order chi connectivity index (χ1) is 13.4. The van der Waals surface area contributed by atoms with Crippen LogP contribution in [-0.4, -0.2) is 43.0 Å². The number of azo groups is 1. The normalized spacial score (nSPS) is 17.2. The van der Waals surface area contributed by atoms with E-state index in [0.29, 0.717) is 6.54 Å². The quantitative estimate of drug-likeness (QED) is 0.560. The summed E-state index contributed by atoms with van der Waals surface area (Å²) in [5.41, 5.74) is 5.31. The molecule has 3 aromatic rings. The van der Waals surface area contributed by atoms with Gasteiger partial charge in [0.1, 0.15) is 16.7 Å². The summed E-state index contributed by atoms with van der Waals surface area (Å²) in [7, 11) is 8.10. The molecule has 1 atom stereocenters. The number of hydrogen-bond donors (Lipinski definition) is 1. The zero-order valence-electron chi connectivity index (χ0n) is 16.9. The zero-order valence-corrected chi connectivity index (χ0v) is 16.9. The molecule has 1 aromatic heterocycles. The maximum absolute atomic E-state index is 9.70. The third-order valence-corrected chi connectivity index (χ3v) is 5.43. The van der Waals surface area contributed by atoms with Crippen LogP contribution >= 0.6 is 0 Å². The van der Waals surface area contributed by atoms with Gasteiger partial charge in [-0.3, -0.25) is 0 Å². The van der Waals surface area contributed by atoms with Crippen LogP contribution in [0, 0.1) is 0 Å². The lowest BCUT2D eigenvalue weighted by molar-refractivity contribution is -0.632. The number of rotatable bonds is 4. The average molecular weight is 379 g/mol. The molecule has 1 saturated heterocycles. The molecule has 1 aliphatic rings. The lowest BCUT2D eigenvalue weighted by Crippen LogP contribution is -2.26. The Balaban J connectivity index is 1.60. The van der Waals surface area contributed by atoms with Crippen molar-refractivity contribution in [2.45, 2.75) is 12.5 Å². The minimum atomic E-state index is -0.223. The highest BCUT2D eigenvalue weighted by molar-refractivity contribution is 5.78. The van der Waals surface area contributed by atoms with Crippen LogP contribution in [0.4, 0.5) is 23.0 Å². The first kappa shape index (κ1) is 18.4. The van der Waals surface area contributed by atoms with Gasteiger partial charge in [-0.1, -0.05) is 5.11 Å². The van der Waals surface area contributed by atoms with E-state index in [4.69, 9.17) is 0 Å². The Kier molecular flexibility index (Phi) is 4.77. The van der Waals surface area contributed by atoms with Gasteiger partial charge in [-0.2, -0.15) is 0 Å². The molecule has 2 heterocycles. The van der Waals surface area contributed by atoms with Gasteiger partial charge >= 0.3 is 5.95 Å². The predicted octanol–water partition coefficient (Wildman–Crippen LogP) is 3.06. The monoisotopic (exact) mass is 379 g/mol. The second kappa shape index (κ2) is 7.24. The minimum Gasteiger partial charge on any atom is -0.391 e. The average Bonchev–Trinajstić information content (AvgIpc) is 3.23. The lowest BCUT2D eigenvalue weighted by atomic mass is 10.2. The van der Waals surface area contributed by atoms with Gasteiger partial charge in [-0.05, 0) is 42.8 Å². The Hall–Kier alpha value is -2.93. The lowest BCUT2D eigenvalue weighted by Gasteiger charge is -2.17. The molecule has 2 aromatic carbocycles. The summed E-state index contributed by atoms with van der Waals surface area (Å²) in [4.78, 5) is 4.28. The van der Waals surface area contributed by atoms with Crippen LogP contribution in [0.3, 0.4) is 0 Å². The molecule has 146 valence electrons. The highest BCUT2D eigenvalue weighted by Gasteiger charge is 2.21. The van der Waals surface area contributed by atoms with Crippen molar-refractivity contribution in [1.82, 2.24) is 4.57 Å². The smallest absolute Gasteiger partial charge is 0.391 e. The number of nitrogens with zero attached hydrogens (tertiary/aromatic N) is 6. The molecule has 0 bridgehead atoms. The first-order valence-electron chi connectivity index (χ1n) is 9.54. The number of aliphatic hydroxyl groups is 1. The van der Waals surface area contributed by atoms with E-state index in [1.807, 2.05) is 52.5 Å². The molecule has 0 spiro atoms. The first-order valence-corrected chi connectivity index (χ1v) is 9.54. The van der Waals surface area contributed by atoms with Gasteiger partial charge in [-0.15, -0.1) is 0 Å². The number of fused-ring (bicyclic) bond motifs is 1. The number of imidazole rings is 1. The van der Waals surface area contributed by atoms with Crippen LogP contribution in [0.15, 0.2) is 52.7 Å². The fourth-order valence-corrected chi connectivity index (χ4v) is 3.73. The number of hydrogen-bond acceptors (Lipinski definition) is 5. The zero-order chi connectivity index (χ0) is 19.8. The predicted molar refractivity (Wildman–Crippen MR) is 112 cm³/mol. The fraction of sp³-hybridized carbons (Fsp3) is 0.381. The summed E-state index contributed by atoms with van der Waals surface area (Å²) in [6.45, 7) is 1.59. The SMILES string of the molecule is CN(C)c1ccc2c(c1)n(C)c(N=Nc1ccc(N3CCC(O)C3)cc1)[n+]2C. The van der Waals surface area contributed by atoms with Crippen LogP contribution in [0.25, 0.3) is 11.0 Å². The molecule has 1 fully saturated rings. The molecule has 1 unspecified atom stereocenters. The van der Waals surface area contributed by atoms with Crippen LogP contribution in [0.2, 0.25) is 0 Å². The van der Waals surface area contributed by atoms with Crippen molar-refractivity contribution < 1.29 is 9.67 Å². The van der Waals surface area contributed by atoms with Crippen molar-refractivity contribution in [3.8, 4) is 0 Å². The number of aryl methyl sites for hydroxylation is 2. The van der Waals surface area contributed by atoms with Gasteiger partial charge in [0.05, 0.1) is 20.2 Å². The Labute approximate surface area is 165 Å². The van der Waals surface area contributed by atoms with Crippen molar-refractivity contribution in [2.24, 2.45) is 24.3 Å². The van der Waals surface area contributed by atoms with E-state index < -0.39 is 0 Å². The summed E-state index contributed by atoms with van der Waals surface area (Å²) in [5, 5.41) is 18.7. The molecule has 7 nitrogen and oxygen atoms in total. The van der Waals surface area contributed by atoms with Crippen molar-refractivity contribution in [3.05, 3.63) is 42.5 Å². The van der Waals surface area contributed by atoms with Crippen LogP contribution in [0.5, 0.6) is 0 Å². The number of aromatic nitrogens is 2. The van der Waals surface area contributed by atoms with E-state index in [0.717, 1.165) is 47.0 Å². The second-order valence-corrected chi connectivity index (χ2v) is 7.59. The van der Waals surface area contributed by atoms with E-state index >= 15 is 0 Å². The molecule has 1 aliphatic heterocycles. The van der Waals surface area contributed by atoms with E-state index in [2.05, 4.69) is 47.4 Å². The molecular weight excluding hydrogens is 352 g/mol. The Morgan fingerprint density at radius 2 is 1.86 bits per heavy atom. The van der Waals surface area contributed by atoms with E-state index in [1.165, 1.54) is 0 Å². The summed E-state index contributed by atoms with van der Waals surface area (Å²) in [5.74, 6) is 0.789. The number of anilines is 2. The maximum atomic E-state index is 9.70. The number of aliphatic hydroxyl groups excluding tert-OH is 1. The Morgan fingerprint density at radius 1 is 1.11 bits per heavy atom. The molecule has 0 saturated carbocycles. The molecule has 7 heteroatoms. The van der Waals surface area contributed by atoms with Gasteiger partial charge in [-0.25, -0.2) is 9.13 Å². The van der Waals surface area contributed by atoms with Crippen LogP contribution < -0.4 is 14.4 Å². The summed E-state index contributed by atoms with van der Waals surface area (Å²) >= 11 is 0. The molecule has 0 radical (unpaired) electrons. The summed E-state index contributed by atoms with van der Waals surface area (Å²) < 4.78 is 4.12.